The molecule has 1 N–H and O–H groups in total. The van der Waals surface area contributed by atoms with Crippen molar-refractivity contribution in [3.8, 4) is 17.4 Å². The molecule has 0 saturated carbocycles. The van der Waals surface area contributed by atoms with Gasteiger partial charge in [-0.2, -0.15) is 0 Å². The van der Waals surface area contributed by atoms with Gasteiger partial charge in [-0.3, -0.25) is 4.79 Å². The molecule has 0 radical (unpaired) electrons. The van der Waals surface area contributed by atoms with Crippen molar-refractivity contribution in [3.05, 3.63) is 83.8 Å². The predicted octanol–water partition coefficient (Wildman–Crippen LogP) is 4.84. The van der Waals surface area contributed by atoms with Gasteiger partial charge in [0.15, 0.2) is 0 Å². The van der Waals surface area contributed by atoms with Gasteiger partial charge in [-0.1, -0.05) is 6.07 Å². The number of nitrogens with one attached hydrogen (secondary N) is 1. The first-order chi connectivity index (χ1) is 13.8. The van der Waals surface area contributed by atoms with Gasteiger partial charge in [0.05, 0.1) is 0 Å². The normalized spacial score (nSPS) is 11.0. The fraction of sp³-hybridized carbons (Fsp3) is 0.100. The van der Waals surface area contributed by atoms with Gasteiger partial charge < -0.3 is 14.8 Å². The Morgan fingerprint density at radius 1 is 0.931 bits per heavy atom. The van der Waals surface area contributed by atoms with Crippen molar-refractivity contribution in [1.29, 1.82) is 0 Å². The van der Waals surface area contributed by atoms with Crippen LogP contribution in [0.1, 0.15) is 15.9 Å². The summed E-state index contributed by atoms with van der Waals surface area (Å²) >= 11 is 0. The summed E-state index contributed by atoms with van der Waals surface area (Å²) in [6, 6.07) is 13.3. The number of nitrogens with zero attached hydrogens (tertiary/aromatic N) is 1. The highest BCUT2D eigenvalue weighted by atomic mass is 19.4. The van der Waals surface area contributed by atoms with Gasteiger partial charge in [0.25, 0.3) is 5.91 Å². The second kappa shape index (κ2) is 8.59. The predicted molar refractivity (Wildman–Crippen MR) is 95.0 cm³/mol. The number of benzene rings is 2. The molecule has 0 bridgehead atoms. The summed E-state index contributed by atoms with van der Waals surface area (Å²) in [5, 5.41) is 2.63. The molecular formula is C20H14F4N2O3. The van der Waals surface area contributed by atoms with Crippen LogP contribution < -0.4 is 14.8 Å². The lowest BCUT2D eigenvalue weighted by atomic mass is 10.2. The number of pyridine rings is 1. The monoisotopic (exact) mass is 406 g/mol. The fourth-order valence-electron chi connectivity index (χ4n) is 2.29. The van der Waals surface area contributed by atoms with Crippen LogP contribution in [0.3, 0.4) is 0 Å². The molecule has 150 valence electrons. The molecular weight excluding hydrogens is 392 g/mol. The summed E-state index contributed by atoms with van der Waals surface area (Å²) in [7, 11) is 0. The van der Waals surface area contributed by atoms with Crippen molar-refractivity contribution in [1.82, 2.24) is 10.3 Å². The molecule has 0 aliphatic rings. The molecule has 0 aliphatic heterocycles. The molecule has 0 spiro atoms. The van der Waals surface area contributed by atoms with E-state index in [4.69, 9.17) is 4.74 Å². The van der Waals surface area contributed by atoms with E-state index >= 15 is 0 Å². The Labute approximate surface area is 162 Å². The molecule has 0 aliphatic carbocycles. The second-order valence-electron chi connectivity index (χ2n) is 5.82. The Hall–Kier alpha value is -3.62. The van der Waals surface area contributed by atoms with Crippen LogP contribution >= 0.6 is 0 Å². The van der Waals surface area contributed by atoms with Crippen LogP contribution in [0.25, 0.3) is 0 Å². The average Bonchev–Trinajstić information content (AvgIpc) is 2.68. The third-order valence-corrected chi connectivity index (χ3v) is 3.64. The number of rotatable bonds is 6. The average molecular weight is 406 g/mol. The maximum atomic E-state index is 12.9. The van der Waals surface area contributed by atoms with E-state index in [1.165, 1.54) is 42.6 Å². The van der Waals surface area contributed by atoms with Crippen molar-refractivity contribution < 1.29 is 31.8 Å². The van der Waals surface area contributed by atoms with Gasteiger partial charge in [0, 0.05) is 24.4 Å². The third kappa shape index (κ3) is 6.20. The topological polar surface area (TPSA) is 60.5 Å². The lowest BCUT2D eigenvalue weighted by Gasteiger charge is -2.10. The zero-order valence-electron chi connectivity index (χ0n) is 14.7. The molecule has 29 heavy (non-hydrogen) atoms. The van der Waals surface area contributed by atoms with Gasteiger partial charge in [0.1, 0.15) is 17.3 Å². The number of hydrogen-bond donors (Lipinski definition) is 1. The van der Waals surface area contributed by atoms with Crippen molar-refractivity contribution in [3.63, 3.8) is 0 Å². The summed E-state index contributed by atoms with van der Waals surface area (Å²) in [5.74, 6) is -0.519. The summed E-state index contributed by atoms with van der Waals surface area (Å²) in [6.45, 7) is 0.156. The van der Waals surface area contributed by atoms with Crippen LogP contribution in [-0.4, -0.2) is 17.3 Å². The Kier molecular flexibility index (Phi) is 5.96. The van der Waals surface area contributed by atoms with Gasteiger partial charge in [-0.15, -0.1) is 13.2 Å². The number of amides is 1. The van der Waals surface area contributed by atoms with E-state index in [9.17, 15) is 22.4 Å². The van der Waals surface area contributed by atoms with Gasteiger partial charge in [-0.05, 0) is 54.1 Å². The van der Waals surface area contributed by atoms with Crippen LogP contribution in [0.5, 0.6) is 17.4 Å². The zero-order chi connectivity index (χ0) is 20.9. The molecule has 3 rings (SSSR count). The molecule has 9 heteroatoms. The molecule has 1 amide bonds. The Morgan fingerprint density at radius 3 is 2.17 bits per heavy atom. The first-order valence-corrected chi connectivity index (χ1v) is 8.31. The smallest absolute Gasteiger partial charge is 0.439 e. The van der Waals surface area contributed by atoms with Crippen molar-refractivity contribution in [2.24, 2.45) is 0 Å². The van der Waals surface area contributed by atoms with Crippen LogP contribution in [0, 0.1) is 5.82 Å². The van der Waals surface area contributed by atoms with E-state index in [0.717, 1.165) is 12.1 Å². The van der Waals surface area contributed by atoms with E-state index in [0.29, 0.717) is 17.2 Å². The summed E-state index contributed by atoms with van der Waals surface area (Å²) in [5.41, 5.74) is 0.866. The lowest BCUT2D eigenvalue weighted by molar-refractivity contribution is -0.274. The first kappa shape index (κ1) is 20.1. The SMILES string of the molecule is O=C(NCc1ccc(Oc2ccc(F)cc2)nc1)c1ccc(OC(F)(F)F)cc1. The second-order valence-corrected chi connectivity index (χ2v) is 5.82. The Balaban J connectivity index is 1.52. The van der Waals surface area contributed by atoms with E-state index in [-0.39, 0.29) is 17.9 Å². The Bertz CT molecular complexity index is 957. The van der Waals surface area contributed by atoms with Crippen LogP contribution in [-0.2, 0) is 6.54 Å². The standard InChI is InChI=1S/C20H14F4N2O3/c21-15-4-8-16(9-5-15)28-18-10-1-13(11-25-18)12-26-19(27)14-2-6-17(7-3-14)29-20(22,23)24/h1-11H,12H2,(H,26,27). The minimum absolute atomic E-state index is 0.156. The largest absolute Gasteiger partial charge is 0.573 e. The Morgan fingerprint density at radius 2 is 1.59 bits per heavy atom. The molecule has 0 saturated heterocycles. The molecule has 0 atom stereocenters. The number of aromatic nitrogens is 1. The lowest BCUT2D eigenvalue weighted by Crippen LogP contribution is -2.23. The number of carbonyl (C=O) groups excluding carboxylic acids is 1. The molecule has 3 aromatic rings. The van der Waals surface area contributed by atoms with Gasteiger partial charge >= 0.3 is 6.36 Å². The minimum Gasteiger partial charge on any atom is -0.439 e. The number of carbonyl (C=O) groups is 1. The number of halogens is 4. The van der Waals surface area contributed by atoms with Crippen molar-refractivity contribution in [2.45, 2.75) is 12.9 Å². The van der Waals surface area contributed by atoms with E-state index in [1.54, 1.807) is 12.1 Å². The molecule has 1 aromatic heterocycles. The summed E-state index contributed by atoms with van der Waals surface area (Å²) < 4.78 is 58.5. The van der Waals surface area contributed by atoms with E-state index in [1.807, 2.05) is 0 Å². The highest BCUT2D eigenvalue weighted by molar-refractivity contribution is 5.94. The third-order valence-electron chi connectivity index (χ3n) is 3.64. The van der Waals surface area contributed by atoms with Crippen molar-refractivity contribution in [2.75, 3.05) is 0 Å². The van der Waals surface area contributed by atoms with E-state index < -0.39 is 18.0 Å². The highest BCUT2D eigenvalue weighted by Crippen LogP contribution is 2.23. The molecule has 0 unspecified atom stereocenters. The zero-order valence-corrected chi connectivity index (χ0v) is 14.7. The van der Waals surface area contributed by atoms with Gasteiger partial charge in [-0.25, -0.2) is 9.37 Å². The van der Waals surface area contributed by atoms with Crippen LogP contribution in [0.15, 0.2) is 66.9 Å². The van der Waals surface area contributed by atoms with E-state index in [2.05, 4.69) is 15.0 Å². The molecule has 5 nitrogen and oxygen atoms in total. The number of hydrogen-bond acceptors (Lipinski definition) is 4. The quantitative estimate of drug-likeness (QED) is 0.595. The maximum Gasteiger partial charge on any atom is 0.573 e. The summed E-state index contributed by atoms with van der Waals surface area (Å²) in [6.07, 6.45) is -3.29. The fourth-order valence-corrected chi connectivity index (χ4v) is 2.29. The van der Waals surface area contributed by atoms with Crippen LogP contribution in [0.4, 0.5) is 17.6 Å². The minimum atomic E-state index is -4.79. The first-order valence-electron chi connectivity index (χ1n) is 8.31. The number of alkyl halides is 3. The molecule has 0 fully saturated rings. The summed E-state index contributed by atoms with van der Waals surface area (Å²) in [4.78, 5) is 16.2. The highest BCUT2D eigenvalue weighted by Gasteiger charge is 2.31. The number of ether oxygens (including phenoxy) is 2. The van der Waals surface area contributed by atoms with Gasteiger partial charge in [0.2, 0.25) is 5.88 Å². The molecule has 1 heterocycles. The molecule has 2 aromatic carbocycles. The maximum absolute atomic E-state index is 12.9. The van der Waals surface area contributed by atoms with Crippen molar-refractivity contribution >= 4 is 5.91 Å². The van der Waals surface area contributed by atoms with Crippen LogP contribution in [0.2, 0.25) is 0 Å².